The monoisotopic (exact) mass is 421 g/mol. The minimum absolute atomic E-state index is 0.0155. The van der Waals surface area contributed by atoms with Crippen LogP contribution in [0.5, 0.6) is 0 Å². The molecule has 0 radical (unpaired) electrons. The zero-order valence-electron chi connectivity index (χ0n) is 14.8. The lowest BCUT2D eigenvalue weighted by molar-refractivity contribution is 0.102. The van der Waals surface area contributed by atoms with E-state index in [-0.39, 0.29) is 15.5 Å². The maximum atomic E-state index is 13.0. The quantitative estimate of drug-likeness (QED) is 0.787. The summed E-state index contributed by atoms with van der Waals surface area (Å²) in [6.07, 6.45) is 3.38. The smallest absolute Gasteiger partial charge is 0.286 e. The van der Waals surface area contributed by atoms with Crippen LogP contribution in [0.1, 0.15) is 36.0 Å². The predicted octanol–water partition coefficient (Wildman–Crippen LogP) is 4.21. The number of amidine groups is 1. The van der Waals surface area contributed by atoms with Crippen LogP contribution >= 0.6 is 11.6 Å². The first-order valence-corrected chi connectivity index (χ1v) is 10.7. The molecule has 0 unspecified atom stereocenters. The number of halogens is 2. The number of hydrogen-bond acceptors (Lipinski definition) is 4. The number of nitrogens with zero attached hydrogens (tertiary/aromatic N) is 2. The maximum absolute atomic E-state index is 13.0. The molecule has 0 aliphatic carbocycles. The Morgan fingerprint density at radius 2 is 1.89 bits per heavy atom. The summed E-state index contributed by atoms with van der Waals surface area (Å²) in [4.78, 5) is 14.5. The highest BCUT2D eigenvalue weighted by Crippen LogP contribution is 2.38. The minimum Gasteiger partial charge on any atom is -0.328 e. The SMILES string of the molecule is O=C(Nc1ccc(F)cc1)c1cc2c(cc1Cl)N1CCCCCC1=NS2(=O)=O. The van der Waals surface area contributed by atoms with Crippen molar-refractivity contribution in [3.05, 3.63) is 52.8 Å². The number of anilines is 2. The molecule has 0 atom stereocenters. The normalized spacial score (nSPS) is 17.8. The molecule has 2 aromatic carbocycles. The highest BCUT2D eigenvalue weighted by Gasteiger charge is 2.33. The third-order valence-electron chi connectivity index (χ3n) is 4.78. The van der Waals surface area contributed by atoms with Crippen molar-refractivity contribution in [3.8, 4) is 0 Å². The van der Waals surface area contributed by atoms with Crippen LogP contribution in [0.4, 0.5) is 15.8 Å². The van der Waals surface area contributed by atoms with E-state index < -0.39 is 21.7 Å². The topological polar surface area (TPSA) is 78.8 Å². The highest BCUT2D eigenvalue weighted by molar-refractivity contribution is 7.90. The molecule has 1 fully saturated rings. The molecule has 1 saturated heterocycles. The van der Waals surface area contributed by atoms with Gasteiger partial charge in [-0.1, -0.05) is 18.0 Å². The fourth-order valence-electron chi connectivity index (χ4n) is 3.40. The second-order valence-electron chi connectivity index (χ2n) is 6.71. The van der Waals surface area contributed by atoms with Crippen LogP contribution in [0.2, 0.25) is 5.02 Å². The summed E-state index contributed by atoms with van der Waals surface area (Å²) in [6, 6.07) is 8.01. The molecule has 1 N–H and O–H groups in total. The summed E-state index contributed by atoms with van der Waals surface area (Å²) in [5.74, 6) is -0.494. The average molecular weight is 422 g/mol. The Hall–Kier alpha value is -2.45. The molecule has 2 aromatic rings. The van der Waals surface area contributed by atoms with Crippen molar-refractivity contribution in [2.24, 2.45) is 4.40 Å². The molecule has 6 nitrogen and oxygen atoms in total. The highest BCUT2D eigenvalue weighted by atomic mass is 35.5. The molecule has 2 aliphatic heterocycles. The van der Waals surface area contributed by atoms with Gasteiger partial charge in [-0.3, -0.25) is 4.79 Å². The lowest BCUT2D eigenvalue weighted by atomic mass is 10.1. The fraction of sp³-hybridized carbons (Fsp3) is 0.263. The van der Waals surface area contributed by atoms with E-state index in [0.29, 0.717) is 30.2 Å². The van der Waals surface area contributed by atoms with Crippen molar-refractivity contribution < 1.29 is 17.6 Å². The zero-order valence-corrected chi connectivity index (χ0v) is 16.4. The predicted molar refractivity (Wildman–Crippen MR) is 106 cm³/mol. The molecule has 0 aromatic heterocycles. The molecule has 2 aliphatic rings. The Labute approximate surface area is 167 Å². The van der Waals surface area contributed by atoms with Gasteiger partial charge in [-0.05, 0) is 49.2 Å². The van der Waals surface area contributed by atoms with Crippen molar-refractivity contribution in [3.63, 3.8) is 0 Å². The Morgan fingerprint density at radius 3 is 2.64 bits per heavy atom. The Balaban J connectivity index is 1.73. The van der Waals surface area contributed by atoms with Gasteiger partial charge in [0.25, 0.3) is 15.9 Å². The van der Waals surface area contributed by atoms with Crippen molar-refractivity contribution in [1.29, 1.82) is 0 Å². The van der Waals surface area contributed by atoms with Crippen LogP contribution in [-0.4, -0.2) is 26.7 Å². The largest absolute Gasteiger partial charge is 0.328 e. The van der Waals surface area contributed by atoms with Gasteiger partial charge in [-0.2, -0.15) is 8.42 Å². The van der Waals surface area contributed by atoms with E-state index in [4.69, 9.17) is 11.6 Å². The summed E-state index contributed by atoms with van der Waals surface area (Å²) in [7, 11) is -3.92. The second kappa shape index (κ2) is 7.18. The van der Waals surface area contributed by atoms with Gasteiger partial charge in [0.1, 0.15) is 16.5 Å². The van der Waals surface area contributed by atoms with E-state index in [0.717, 1.165) is 19.3 Å². The van der Waals surface area contributed by atoms with Gasteiger partial charge in [0.15, 0.2) is 0 Å². The third kappa shape index (κ3) is 3.49. The van der Waals surface area contributed by atoms with E-state index in [1.54, 1.807) is 0 Å². The molecular weight excluding hydrogens is 405 g/mol. The number of hydrogen-bond donors (Lipinski definition) is 1. The number of carbonyl (C=O) groups excluding carboxylic acids is 1. The van der Waals surface area contributed by atoms with E-state index in [1.807, 2.05) is 4.90 Å². The Morgan fingerprint density at radius 1 is 1.14 bits per heavy atom. The van der Waals surface area contributed by atoms with Crippen LogP contribution in [0.25, 0.3) is 0 Å². The summed E-state index contributed by atoms with van der Waals surface area (Å²) < 4.78 is 42.4. The van der Waals surface area contributed by atoms with Crippen molar-refractivity contribution >= 4 is 44.7 Å². The first kappa shape index (κ1) is 18.9. The molecule has 4 rings (SSSR count). The Kier molecular flexibility index (Phi) is 4.84. The van der Waals surface area contributed by atoms with Crippen molar-refractivity contribution in [2.75, 3.05) is 16.8 Å². The van der Waals surface area contributed by atoms with Gasteiger partial charge in [0.2, 0.25) is 0 Å². The first-order valence-electron chi connectivity index (χ1n) is 8.87. The van der Waals surface area contributed by atoms with Crippen LogP contribution in [-0.2, 0) is 10.0 Å². The zero-order chi connectivity index (χ0) is 19.9. The van der Waals surface area contributed by atoms with Crippen LogP contribution < -0.4 is 10.2 Å². The fourth-order valence-corrected chi connectivity index (χ4v) is 4.91. The van der Waals surface area contributed by atoms with E-state index in [2.05, 4.69) is 9.71 Å². The molecule has 28 heavy (non-hydrogen) atoms. The van der Waals surface area contributed by atoms with Gasteiger partial charge in [-0.15, -0.1) is 4.40 Å². The summed E-state index contributed by atoms with van der Waals surface area (Å²) in [5, 5.41) is 2.73. The standard InChI is InChI=1S/C19H17ClFN3O3S/c20-15-11-16-17(28(26,27)23-18-4-2-1-3-9-24(16)18)10-14(15)19(25)22-13-7-5-12(21)6-8-13/h5-8,10-11H,1-4,9H2,(H,22,25). The van der Waals surface area contributed by atoms with E-state index in [1.165, 1.54) is 36.4 Å². The van der Waals surface area contributed by atoms with Crippen LogP contribution in [0.3, 0.4) is 0 Å². The number of fused-ring (bicyclic) bond motifs is 3. The molecular formula is C19H17ClFN3O3S. The molecule has 0 bridgehead atoms. The second-order valence-corrected chi connectivity index (χ2v) is 8.69. The minimum atomic E-state index is -3.92. The van der Waals surface area contributed by atoms with E-state index >= 15 is 0 Å². The number of nitrogens with one attached hydrogen (secondary N) is 1. The molecule has 0 saturated carbocycles. The molecule has 0 spiro atoms. The molecule has 146 valence electrons. The summed E-state index contributed by atoms with van der Waals surface area (Å²) in [6.45, 7) is 0.652. The molecule has 9 heteroatoms. The molecule has 1 amide bonds. The number of benzene rings is 2. The van der Waals surface area contributed by atoms with Crippen molar-refractivity contribution in [1.82, 2.24) is 0 Å². The lowest BCUT2D eigenvalue weighted by Gasteiger charge is -2.30. The van der Waals surface area contributed by atoms with Gasteiger partial charge in [0, 0.05) is 18.7 Å². The number of sulfonamides is 1. The first-order chi connectivity index (χ1) is 13.3. The molecule has 2 heterocycles. The van der Waals surface area contributed by atoms with Gasteiger partial charge in [0.05, 0.1) is 16.3 Å². The van der Waals surface area contributed by atoms with Crippen LogP contribution in [0, 0.1) is 5.82 Å². The third-order valence-corrected chi connectivity index (χ3v) is 6.43. The Bertz CT molecular complexity index is 1080. The number of carbonyl (C=O) groups is 1. The van der Waals surface area contributed by atoms with Gasteiger partial charge < -0.3 is 10.2 Å². The van der Waals surface area contributed by atoms with Gasteiger partial charge in [-0.25, -0.2) is 4.39 Å². The lowest BCUT2D eigenvalue weighted by Crippen LogP contribution is -2.35. The number of amides is 1. The summed E-state index contributed by atoms with van der Waals surface area (Å²) >= 11 is 6.33. The van der Waals surface area contributed by atoms with Crippen molar-refractivity contribution in [2.45, 2.75) is 30.6 Å². The summed E-state index contributed by atoms with van der Waals surface area (Å²) in [5.41, 5.74) is 0.841. The van der Waals surface area contributed by atoms with Gasteiger partial charge >= 0.3 is 0 Å². The van der Waals surface area contributed by atoms with E-state index in [9.17, 15) is 17.6 Å². The van der Waals surface area contributed by atoms with Crippen LogP contribution in [0.15, 0.2) is 45.7 Å². The average Bonchev–Trinajstić information content (AvgIpc) is 2.88. The maximum Gasteiger partial charge on any atom is 0.286 e. The number of rotatable bonds is 2.